The van der Waals surface area contributed by atoms with E-state index in [0.717, 1.165) is 11.4 Å². The molecule has 0 aliphatic rings. The molecule has 1 aromatic rings. The van der Waals surface area contributed by atoms with Gasteiger partial charge in [-0.1, -0.05) is 0 Å². The number of carbonyl (C=O) groups excluding carboxylic acids is 1. The Morgan fingerprint density at radius 1 is 1.59 bits per heavy atom. The zero-order chi connectivity index (χ0) is 13.2. The van der Waals surface area contributed by atoms with E-state index in [9.17, 15) is 9.90 Å². The molecular weight excluding hydrogens is 220 g/mol. The third-order valence-corrected chi connectivity index (χ3v) is 2.69. The first-order chi connectivity index (χ1) is 7.82. The summed E-state index contributed by atoms with van der Waals surface area (Å²) >= 11 is 0. The molecule has 0 aliphatic carbocycles. The second-order valence-electron chi connectivity index (χ2n) is 4.37. The van der Waals surface area contributed by atoms with E-state index >= 15 is 0 Å². The molecule has 96 valence electrons. The topological polar surface area (TPSA) is 84.4 Å². The first kappa shape index (κ1) is 13.5. The summed E-state index contributed by atoms with van der Waals surface area (Å²) < 4.78 is 1.59. The van der Waals surface area contributed by atoms with Gasteiger partial charge < -0.3 is 15.7 Å². The molecule has 0 bridgehead atoms. The maximum Gasteiger partial charge on any atom is 0.244 e. The summed E-state index contributed by atoms with van der Waals surface area (Å²) in [5, 5.41) is 13.4. The Morgan fingerprint density at radius 3 is 2.59 bits per heavy atom. The van der Waals surface area contributed by atoms with Crippen LogP contribution in [0.3, 0.4) is 0 Å². The lowest BCUT2D eigenvalue weighted by Gasteiger charge is -2.19. The number of nitrogens with two attached hydrogens (primary N) is 1. The summed E-state index contributed by atoms with van der Waals surface area (Å²) in [7, 11) is 1.66. The summed E-state index contributed by atoms with van der Waals surface area (Å²) in [5.41, 5.74) is 7.93. The Labute approximate surface area is 101 Å². The van der Waals surface area contributed by atoms with Gasteiger partial charge in [0.2, 0.25) is 5.91 Å². The maximum atomic E-state index is 11.8. The van der Waals surface area contributed by atoms with E-state index in [1.54, 1.807) is 18.7 Å². The number of nitrogen functional groups attached to an aromatic ring is 1. The Kier molecular flexibility index (Phi) is 4.11. The fourth-order valence-corrected chi connectivity index (χ4v) is 1.61. The van der Waals surface area contributed by atoms with E-state index in [1.165, 1.54) is 4.90 Å². The molecule has 0 aromatic carbocycles. The molecule has 0 radical (unpaired) electrons. The fraction of sp³-hybridized carbons (Fsp3) is 0.636. The molecule has 6 nitrogen and oxygen atoms in total. The molecule has 1 atom stereocenters. The third-order valence-electron chi connectivity index (χ3n) is 2.69. The van der Waals surface area contributed by atoms with Crippen LogP contribution in [0.15, 0.2) is 0 Å². The molecular formula is C11H20N4O2. The summed E-state index contributed by atoms with van der Waals surface area (Å²) in [6.07, 6.45) is -0.533. The standard InChI is InChI=1S/C11H20N4O2/c1-7(16)5-14(4)10(17)6-15-9(3)11(12)8(2)13-15/h7,16H,5-6,12H2,1-4H3. The Bertz CT molecular complexity index is 412. The minimum absolute atomic E-state index is 0.100. The number of aliphatic hydroxyl groups excluding tert-OH is 1. The molecule has 1 rings (SSSR count). The molecule has 1 heterocycles. The average Bonchev–Trinajstić information content (AvgIpc) is 2.45. The summed E-state index contributed by atoms with van der Waals surface area (Å²) in [6.45, 7) is 5.74. The van der Waals surface area contributed by atoms with Gasteiger partial charge in [0.15, 0.2) is 0 Å². The van der Waals surface area contributed by atoms with E-state index in [0.29, 0.717) is 12.2 Å². The minimum atomic E-state index is -0.533. The number of aromatic nitrogens is 2. The van der Waals surface area contributed by atoms with E-state index in [2.05, 4.69) is 5.10 Å². The van der Waals surface area contributed by atoms with E-state index in [4.69, 9.17) is 5.73 Å². The van der Waals surface area contributed by atoms with Crippen molar-refractivity contribution in [1.29, 1.82) is 0 Å². The highest BCUT2D eigenvalue weighted by Gasteiger charge is 2.15. The SMILES string of the molecule is Cc1nn(CC(=O)N(C)CC(C)O)c(C)c1N. The molecule has 1 unspecified atom stereocenters. The quantitative estimate of drug-likeness (QED) is 0.771. The second kappa shape index (κ2) is 5.18. The van der Waals surface area contributed by atoms with Crippen LogP contribution in [0.5, 0.6) is 0 Å². The molecule has 0 spiro atoms. The van der Waals surface area contributed by atoms with Gasteiger partial charge in [0.05, 0.1) is 23.2 Å². The average molecular weight is 240 g/mol. The number of aliphatic hydroxyl groups is 1. The first-order valence-corrected chi connectivity index (χ1v) is 5.54. The molecule has 0 fully saturated rings. The van der Waals surface area contributed by atoms with Gasteiger partial charge in [-0.05, 0) is 20.8 Å². The molecule has 0 aliphatic heterocycles. The Hall–Kier alpha value is -1.56. The van der Waals surface area contributed by atoms with Crippen molar-refractivity contribution in [3.05, 3.63) is 11.4 Å². The van der Waals surface area contributed by atoms with Crippen molar-refractivity contribution >= 4 is 11.6 Å². The number of amides is 1. The highest BCUT2D eigenvalue weighted by Crippen LogP contribution is 2.14. The first-order valence-electron chi connectivity index (χ1n) is 5.54. The molecule has 0 saturated carbocycles. The highest BCUT2D eigenvalue weighted by atomic mass is 16.3. The zero-order valence-electron chi connectivity index (χ0n) is 10.8. The molecule has 17 heavy (non-hydrogen) atoms. The van der Waals surface area contributed by atoms with Crippen LogP contribution < -0.4 is 5.73 Å². The lowest BCUT2D eigenvalue weighted by molar-refractivity contribution is -0.131. The van der Waals surface area contributed by atoms with Crippen molar-refractivity contribution in [3.63, 3.8) is 0 Å². The molecule has 1 aromatic heterocycles. The maximum absolute atomic E-state index is 11.8. The third kappa shape index (κ3) is 3.20. The van der Waals surface area contributed by atoms with E-state index < -0.39 is 6.10 Å². The highest BCUT2D eigenvalue weighted by molar-refractivity contribution is 5.76. The van der Waals surface area contributed by atoms with Crippen LogP contribution in [0.25, 0.3) is 0 Å². The lowest BCUT2D eigenvalue weighted by Crippen LogP contribution is -2.35. The van der Waals surface area contributed by atoms with Crippen molar-refractivity contribution in [1.82, 2.24) is 14.7 Å². The van der Waals surface area contributed by atoms with Gasteiger partial charge in [-0.15, -0.1) is 0 Å². The van der Waals surface area contributed by atoms with Gasteiger partial charge in [-0.2, -0.15) is 5.10 Å². The molecule has 1 amide bonds. The molecule has 0 saturated heterocycles. The number of likely N-dealkylation sites (N-methyl/N-ethyl adjacent to an activating group) is 1. The summed E-state index contributed by atoms with van der Waals surface area (Å²) in [4.78, 5) is 13.3. The number of rotatable bonds is 4. The van der Waals surface area contributed by atoms with Crippen LogP contribution in [0.4, 0.5) is 5.69 Å². The van der Waals surface area contributed by atoms with Crippen molar-refractivity contribution in [3.8, 4) is 0 Å². The van der Waals surface area contributed by atoms with Crippen LogP contribution in [0, 0.1) is 13.8 Å². The van der Waals surface area contributed by atoms with E-state index in [1.807, 2.05) is 13.8 Å². The van der Waals surface area contributed by atoms with Crippen molar-refractivity contribution < 1.29 is 9.90 Å². The number of aryl methyl sites for hydroxylation is 1. The smallest absolute Gasteiger partial charge is 0.244 e. The predicted molar refractivity (Wildman–Crippen MR) is 65.4 cm³/mol. The van der Waals surface area contributed by atoms with Gasteiger partial charge in [0.25, 0.3) is 0 Å². The van der Waals surface area contributed by atoms with E-state index in [-0.39, 0.29) is 12.5 Å². The number of hydrogen-bond acceptors (Lipinski definition) is 4. The normalized spacial score (nSPS) is 12.5. The van der Waals surface area contributed by atoms with Crippen LogP contribution in [-0.2, 0) is 11.3 Å². The van der Waals surface area contributed by atoms with Crippen LogP contribution in [0.2, 0.25) is 0 Å². The summed E-state index contributed by atoms with van der Waals surface area (Å²) in [5.74, 6) is -0.100. The summed E-state index contributed by atoms with van der Waals surface area (Å²) in [6, 6.07) is 0. The largest absolute Gasteiger partial charge is 0.396 e. The number of nitrogens with zero attached hydrogens (tertiary/aromatic N) is 3. The molecule has 3 N–H and O–H groups in total. The fourth-order valence-electron chi connectivity index (χ4n) is 1.61. The zero-order valence-corrected chi connectivity index (χ0v) is 10.8. The van der Waals surface area contributed by atoms with Crippen molar-refractivity contribution in [2.24, 2.45) is 0 Å². The lowest BCUT2D eigenvalue weighted by atomic mass is 10.3. The minimum Gasteiger partial charge on any atom is -0.396 e. The van der Waals surface area contributed by atoms with Gasteiger partial charge in [0.1, 0.15) is 6.54 Å². The Balaban J connectivity index is 2.71. The predicted octanol–water partition coefficient (Wildman–Crippen LogP) is -0.0787. The molecule has 6 heteroatoms. The van der Waals surface area contributed by atoms with Gasteiger partial charge >= 0.3 is 0 Å². The van der Waals surface area contributed by atoms with Gasteiger partial charge in [0, 0.05) is 13.6 Å². The van der Waals surface area contributed by atoms with Crippen LogP contribution >= 0.6 is 0 Å². The monoisotopic (exact) mass is 240 g/mol. The van der Waals surface area contributed by atoms with Gasteiger partial charge in [-0.3, -0.25) is 9.48 Å². The number of carbonyl (C=O) groups is 1. The van der Waals surface area contributed by atoms with Crippen molar-refractivity contribution in [2.45, 2.75) is 33.4 Å². The van der Waals surface area contributed by atoms with Gasteiger partial charge in [-0.25, -0.2) is 0 Å². The van der Waals surface area contributed by atoms with Crippen molar-refractivity contribution in [2.75, 3.05) is 19.3 Å². The number of hydrogen-bond donors (Lipinski definition) is 2. The Morgan fingerprint density at radius 2 is 2.18 bits per heavy atom. The number of anilines is 1. The van der Waals surface area contributed by atoms with Crippen LogP contribution in [0.1, 0.15) is 18.3 Å². The van der Waals surface area contributed by atoms with Crippen LogP contribution in [-0.4, -0.2) is 45.4 Å². The second-order valence-corrected chi connectivity index (χ2v) is 4.37.